The second-order valence-electron chi connectivity index (χ2n) is 5.83. The molecule has 0 aliphatic carbocycles. The van der Waals surface area contributed by atoms with Crippen molar-refractivity contribution >= 4 is 23.1 Å². The minimum Gasteiger partial charge on any atom is -0.463 e. The van der Waals surface area contributed by atoms with Crippen LogP contribution in [-0.2, 0) is 16.6 Å². The van der Waals surface area contributed by atoms with Gasteiger partial charge in [0.25, 0.3) is 0 Å². The molecule has 0 unspecified atom stereocenters. The summed E-state index contributed by atoms with van der Waals surface area (Å²) >= 11 is 0. The van der Waals surface area contributed by atoms with Crippen molar-refractivity contribution in [3.63, 3.8) is 0 Å². The van der Waals surface area contributed by atoms with Gasteiger partial charge in [-0.2, -0.15) is 5.10 Å². The molecule has 3 heterocycles. The number of hydrogen-bond acceptors (Lipinski definition) is 5. The molecule has 3 aromatic heterocycles. The van der Waals surface area contributed by atoms with Crippen LogP contribution >= 0.6 is 0 Å². The van der Waals surface area contributed by atoms with Crippen molar-refractivity contribution < 1.29 is 9.53 Å². The molecule has 6 nitrogen and oxygen atoms in total. The molecule has 0 aliphatic heterocycles. The highest BCUT2D eigenvalue weighted by Gasteiger charge is 2.16. The Balaban J connectivity index is 2.26. The third-order valence-electron chi connectivity index (χ3n) is 3.95. The molecular formula is C19H20N4O2. The van der Waals surface area contributed by atoms with Gasteiger partial charge in [-0.1, -0.05) is 0 Å². The molecule has 3 aromatic rings. The van der Waals surface area contributed by atoms with Gasteiger partial charge in [0.05, 0.1) is 12.8 Å². The first kappa shape index (κ1) is 16.8. The zero-order valence-electron chi connectivity index (χ0n) is 14.8. The van der Waals surface area contributed by atoms with E-state index in [-0.39, 0.29) is 5.97 Å². The number of carbonyl (C=O) groups is 1. The maximum atomic E-state index is 11.7. The van der Waals surface area contributed by atoms with E-state index in [1.807, 2.05) is 33.3 Å². The van der Waals surface area contributed by atoms with Gasteiger partial charge in [0, 0.05) is 53.3 Å². The number of fused-ring (bicyclic) bond motifs is 1. The molecule has 0 aliphatic rings. The topological polar surface area (TPSA) is 69.9 Å². The molecule has 128 valence electrons. The Hall–Kier alpha value is -3.02. The fourth-order valence-electron chi connectivity index (χ4n) is 2.83. The number of rotatable bonds is 4. The summed E-state index contributed by atoms with van der Waals surface area (Å²) in [5, 5.41) is 5.25. The number of hydrogen-bond donors (Lipinski definition) is 0. The van der Waals surface area contributed by atoms with E-state index < -0.39 is 0 Å². The molecule has 0 bridgehead atoms. The monoisotopic (exact) mass is 336 g/mol. The molecule has 6 heteroatoms. The number of ether oxygens (including phenoxy) is 1. The first-order chi connectivity index (χ1) is 12.0. The van der Waals surface area contributed by atoms with E-state index >= 15 is 0 Å². The average Bonchev–Trinajstić information content (AvgIpc) is 2.93. The van der Waals surface area contributed by atoms with Crippen molar-refractivity contribution in [2.75, 3.05) is 6.61 Å². The third kappa shape index (κ3) is 3.28. The molecule has 0 saturated heterocycles. The van der Waals surface area contributed by atoms with Gasteiger partial charge in [-0.05, 0) is 38.5 Å². The van der Waals surface area contributed by atoms with Crippen LogP contribution in [0.1, 0.15) is 23.7 Å². The lowest BCUT2D eigenvalue weighted by molar-refractivity contribution is -0.137. The first-order valence-corrected chi connectivity index (χ1v) is 8.10. The molecular weight excluding hydrogens is 316 g/mol. The molecule has 0 fully saturated rings. The molecule has 0 saturated carbocycles. The van der Waals surface area contributed by atoms with Crippen molar-refractivity contribution in [2.45, 2.75) is 20.8 Å². The van der Waals surface area contributed by atoms with E-state index in [1.54, 1.807) is 23.9 Å². The summed E-state index contributed by atoms with van der Waals surface area (Å²) in [5.74, 6) is -0.374. The quantitative estimate of drug-likeness (QED) is 0.540. The van der Waals surface area contributed by atoms with Crippen LogP contribution in [0.15, 0.2) is 30.7 Å². The van der Waals surface area contributed by atoms with Crippen LogP contribution in [0.3, 0.4) is 0 Å². The second kappa shape index (κ2) is 6.84. The molecule has 0 spiro atoms. The molecule has 0 aromatic carbocycles. The highest BCUT2D eigenvalue weighted by Crippen LogP contribution is 2.33. The number of aryl methyl sites for hydroxylation is 3. The van der Waals surface area contributed by atoms with Crippen molar-refractivity contribution in [1.82, 2.24) is 19.7 Å². The van der Waals surface area contributed by atoms with E-state index in [9.17, 15) is 4.79 Å². The summed E-state index contributed by atoms with van der Waals surface area (Å²) in [5.41, 5.74) is 5.46. The molecule has 0 N–H and O–H groups in total. The van der Waals surface area contributed by atoms with Crippen LogP contribution in [0.5, 0.6) is 0 Å². The lowest BCUT2D eigenvalue weighted by Gasteiger charge is -2.11. The Morgan fingerprint density at radius 1 is 1.28 bits per heavy atom. The van der Waals surface area contributed by atoms with Gasteiger partial charge in [-0.15, -0.1) is 0 Å². The highest BCUT2D eigenvalue weighted by atomic mass is 16.5. The molecule has 0 radical (unpaired) electrons. The fourth-order valence-corrected chi connectivity index (χ4v) is 2.83. The van der Waals surface area contributed by atoms with Gasteiger partial charge < -0.3 is 4.74 Å². The second-order valence-corrected chi connectivity index (χ2v) is 5.83. The lowest BCUT2D eigenvalue weighted by Crippen LogP contribution is -2.01. The summed E-state index contributed by atoms with van der Waals surface area (Å²) < 4.78 is 6.73. The van der Waals surface area contributed by atoms with Gasteiger partial charge >= 0.3 is 5.97 Å². The van der Waals surface area contributed by atoms with Crippen molar-refractivity contribution in [3.8, 4) is 11.1 Å². The van der Waals surface area contributed by atoms with Crippen LogP contribution in [-0.4, -0.2) is 32.3 Å². The number of esters is 1. The third-order valence-corrected chi connectivity index (χ3v) is 3.95. The zero-order chi connectivity index (χ0) is 18.0. The van der Waals surface area contributed by atoms with Gasteiger partial charge in [0.1, 0.15) is 0 Å². The van der Waals surface area contributed by atoms with Gasteiger partial charge in [0.15, 0.2) is 5.65 Å². The maximum absolute atomic E-state index is 11.7. The van der Waals surface area contributed by atoms with Gasteiger partial charge in [0.2, 0.25) is 0 Å². The van der Waals surface area contributed by atoms with E-state index in [0.29, 0.717) is 6.61 Å². The van der Waals surface area contributed by atoms with E-state index in [0.717, 1.165) is 39.0 Å². The lowest BCUT2D eigenvalue weighted by atomic mass is 9.96. The first-order valence-electron chi connectivity index (χ1n) is 8.10. The van der Waals surface area contributed by atoms with Crippen LogP contribution < -0.4 is 0 Å². The van der Waals surface area contributed by atoms with Crippen molar-refractivity contribution in [2.24, 2.45) is 7.05 Å². The summed E-state index contributed by atoms with van der Waals surface area (Å²) in [4.78, 5) is 20.7. The Morgan fingerprint density at radius 3 is 2.80 bits per heavy atom. The van der Waals surface area contributed by atoms with E-state index in [2.05, 4.69) is 21.1 Å². The van der Waals surface area contributed by atoms with Crippen molar-refractivity contribution in [1.29, 1.82) is 0 Å². The minimum absolute atomic E-state index is 0.344. The zero-order valence-corrected chi connectivity index (χ0v) is 14.8. The normalized spacial score (nSPS) is 11.4. The highest BCUT2D eigenvalue weighted by molar-refractivity contribution is 5.99. The summed E-state index contributed by atoms with van der Waals surface area (Å²) in [6, 6.07) is 2.07. The molecule has 0 atom stereocenters. The Morgan fingerprint density at radius 2 is 2.08 bits per heavy atom. The summed E-state index contributed by atoms with van der Waals surface area (Å²) in [6.45, 7) is 6.05. The van der Waals surface area contributed by atoms with Crippen LogP contribution in [0.2, 0.25) is 0 Å². The molecule has 0 amide bonds. The predicted octanol–water partition coefficient (Wildman–Crippen LogP) is 3.22. The number of nitrogens with zero attached hydrogens (tertiary/aromatic N) is 4. The Kier molecular flexibility index (Phi) is 4.61. The van der Waals surface area contributed by atoms with Gasteiger partial charge in [-0.25, -0.2) is 9.78 Å². The molecule has 3 rings (SSSR count). The minimum atomic E-state index is -0.374. The standard InChI is InChI=1S/C19H20N4O2/c1-5-25-17(24)7-6-15-13(3)22-19-16(11-21-23(19)4)18(15)14-8-12(2)9-20-10-14/h6-11H,5H2,1-4H3/b7-6+. The van der Waals surface area contributed by atoms with E-state index in [4.69, 9.17) is 4.74 Å². The SMILES string of the molecule is CCOC(=O)/C=C/c1c(C)nc2c(cnn2C)c1-c1cncc(C)c1. The van der Waals surface area contributed by atoms with Crippen LogP contribution in [0, 0.1) is 13.8 Å². The summed E-state index contributed by atoms with van der Waals surface area (Å²) in [6.07, 6.45) is 8.61. The van der Waals surface area contributed by atoms with Crippen molar-refractivity contribution in [3.05, 3.63) is 47.6 Å². The number of carbonyl (C=O) groups excluding carboxylic acids is 1. The number of pyridine rings is 2. The number of aromatic nitrogens is 4. The Labute approximate surface area is 146 Å². The van der Waals surface area contributed by atoms with Crippen LogP contribution in [0.4, 0.5) is 0 Å². The Bertz CT molecular complexity index is 973. The maximum Gasteiger partial charge on any atom is 0.330 e. The average molecular weight is 336 g/mol. The van der Waals surface area contributed by atoms with Crippen LogP contribution in [0.25, 0.3) is 28.2 Å². The van der Waals surface area contributed by atoms with E-state index in [1.165, 1.54) is 6.08 Å². The summed E-state index contributed by atoms with van der Waals surface area (Å²) in [7, 11) is 1.86. The largest absolute Gasteiger partial charge is 0.463 e. The predicted molar refractivity (Wildman–Crippen MR) is 96.9 cm³/mol. The molecule has 25 heavy (non-hydrogen) atoms. The van der Waals surface area contributed by atoms with Gasteiger partial charge in [-0.3, -0.25) is 9.67 Å². The smallest absolute Gasteiger partial charge is 0.330 e. The fraction of sp³-hybridized carbons (Fsp3) is 0.263.